The van der Waals surface area contributed by atoms with Crippen molar-refractivity contribution in [2.75, 3.05) is 0 Å². The highest BCUT2D eigenvalue weighted by Gasteiger charge is 2.13. The van der Waals surface area contributed by atoms with Gasteiger partial charge in [0.15, 0.2) is 0 Å². The fourth-order valence-corrected chi connectivity index (χ4v) is 1.35. The van der Waals surface area contributed by atoms with E-state index in [1.807, 2.05) is 0 Å². The van der Waals surface area contributed by atoms with Crippen LogP contribution < -0.4 is 0 Å². The zero-order valence-electron chi connectivity index (χ0n) is 7.68. The van der Waals surface area contributed by atoms with Crippen molar-refractivity contribution >= 4 is 5.97 Å². The second-order valence-electron chi connectivity index (χ2n) is 3.01. The van der Waals surface area contributed by atoms with E-state index in [1.165, 1.54) is 24.5 Å². The summed E-state index contributed by atoms with van der Waals surface area (Å²) in [4.78, 5) is 10.9. The lowest BCUT2D eigenvalue weighted by Crippen LogP contribution is -1.98. The number of carbonyl (C=O) groups is 1. The van der Waals surface area contributed by atoms with Crippen LogP contribution in [0.4, 0.5) is 0 Å². The second kappa shape index (κ2) is 3.49. The molecule has 1 aromatic heterocycles. The van der Waals surface area contributed by atoms with Crippen LogP contribution in [0.3, 0.4) is 0 Å². The molecule has 0 radical (unpaired) electrons. The highest BCUT2D eigenvalue weighted by molar-refractivity contribution is 5.95. The standard InChI is InChI=1S/C11H8O4/c12-7-3-4-8(11(13)14)9(6-7)10-2-1-5-15-10/h1-6,12H,(H,13,14). The van der Waals surface area contributed by atoms with Crippen LogP contribution in [-0.4, -0.2) is 16.2 Å². The number of aromatic hydroxyl groups is 1. The largest absolute Gasteiger partial charge is 0.508 e. The van der Waals surface area contributed by atoms with Crippen LogP contribution >= 0.6 is 0 Å². The van der Waals surface area contributed by atoms with Gasteiger partial charge in [0.05, 0.1) is 11.8 Å². The number of hydrogen-bond acceptors (Lipinski definition) is 3. The van der Waals surface area contributed by atoms with Crippen LogP contribution in [0.2, 0.25) is 0 Å². The second-order valence-corrected chi connectivity index (χ2v) is 3.01. The highest BCUT2D eigenvalue weighted by atomic mass is 16.4. The zero-order valence-corrected chi connectivity index (χ0v) is 7.68. The summed E-state index contributed by atoms with van der Waals surface area (Å²) in [6, 6.07) is 7.33. The molecular formula is C11H8O4. The molecule has 0 aliphatic rings. The first-order valence-corrected chi connectivity index (χ1v) is 4.28. The minimum atomic E-state index is -1.05. The van der Waals surface area contributed by atoms with E-state index in [2.05, 4.69) is 0 Å². The van der Waals surface area contributed by atoms with E-state index < -0.39 is 5.97 Å². The van der Waals surface area contributed by atoms with Crippen LogP contribution in [0.5, 0.6) is 5.75 Å². The minimum absolute atomic E-state index is 0.00593. The molecule has 15 heavy (non-hydrogen) atoms. The Balaban J connectivity index is 2.63. The molecule has 4 heteroatoms. The van der Waals surface area contributed by atoms with Crippen molar-refractivity contribution in [2.45, 2.75) is 0 Å². The van der Waals surface area contributed by atoms with E-state index in [4.69, 9.17) is 9.52 Å². The van der Waals surface area contributed by atoms with Gasteiger partial charge in [0.1, 0.15) is 11.5 Å². The topological polar surface area (TPSA) is 70.7 Å². The number of phenolic OH excluding ortho intramolecular Hbond substituents is 1. The molecule has 1 heterocycles. The molecule has 0 spiro atoms. The number of phenols is 1. The molecule has 0 unspecified atom stereocenters. The maximum atomic E-state index is 10.9. The summed E-state index contributed by atoms with van der Waals surface area (Å²) in [5.74, 6) is -0.629. The van der Waals surface area contributed by atoms with Crippen LogP contribution in [0, 0.1) is 0 Å². The Bertz CT molecular complexity index is 485. The molecule has 1 aromatic carbocycles. The highest BCUT2D eigenvalue weighted by Crippen LogP contribution is 2.27. The first-order chi connectivity index (χ1) is 7.18. The van der Waals surface area contributed by atoms with Crippen molar-refractivity contribution < 1.29 is 19.4 Å². The summed E-state index contributed by atoms with van der Waals surface area (Å²) >= 11 is 0. The predicted molar refractivity (Wildman–Crippen MR) is 52.8 cm³/mol. The Morgan fingerprint density at radius 2 is 2.07 bits per heavy atom. The van der Waals surface area contributed by atoms with Gasteiger partial charge in [-0.15, -0.1) is 0 Å². The maximum Gasteiger partial charge on any atom is 0.336 e. The first-order valence-electron chi connectivity index (χ1n) is 4.28. The van der Waals surface area contributed by atoms with Gasteiger partial charge in [-0.2, -0.15) is 0 Å². The van der Waals surface area contributed by atoms with Gasteiger partial charge >= 0.3 is 5.97 Å². The van der Waals surface area contributed by atoms with Gasteiger partial charge in [-0.3, -0.25) is 0 Å². The van der Waals surface area contributed by atoms with Crippen molar-refractivity contribution in [2.24, 2.45) is 0 Å². The summed E-state index contributed by atoms with van der Waals surface area (Å²) in [7, 11) is 0. The molecule has 0 bridgehead atoms. The van der Waals surface area contributed by atoms with Crippen molar-refractivity contribution in [3.05, 3.63) is 42.2 Å². The van der Waals surface area contributed by atoms with Crippen LogP contribution in [-0.2, 0) is 0 Å². The Kier molecular flexibility index (Phi) is 2.17. The Hall–Kier alpha value is -2.23. The third-order valence-corrected chi connectivity index (χ3v) is 2.02. The van der Waals surface area contributed by atoms with E-state index in [-0.39, 0.29) is 11.3 Å². The van der Waals surface area contributed by atoms with E-state index in [1.54, 1.807) is 12.1 Å². The van der Waals surface area contributed by atoms with E-state index in [9.17, 15) is 9.90 Å². The molecule has 0 aliphatic carbocycles. The molecule has 0 atom stereocenters. The van der Waals surface area contributed by atoms with Gasteiger partial charge in [0.2, 0.25) is 0 Å². The normalized spacial score (nSPS) is 10.1. The molecular weight excluding hydrogens is 196 g/mol. The summed E-state index contributed by atoms with van der Waals surface area (Å²) in [6.45, 7) is 0. The van der Waals surface area contributed by atoms with Crippen LogP contribution in [0.15, 0.2) is 41.0 Å². The van der Waals surface area contributed by atoms with Gasteiger partial charge in [-0.1, -0.05) is 0 Å². The molecule has 4 nitrogen and oxygen atoms in total. The molecule has 0 amide bonds. The average molecular weight is 204 g/mol. The average Bonchev–Trinajstić information content (AvgIpc) is 2.69. The van der Waals surface area contributed by atoms with Crippen LogP contribution in [0.1, 0.15) is 10.4 Å². The Labute approximate surface area is 85.4 Å². The number of carboxylic acid groups (broad SMARTS) is 1. The van der Waals surface area contributed by atoms with Gasteiger partial charge in [0.25, 0.3) is 0 Å². The number of carboxylic acids is 1. The fourth-order valence-electron chi connectivity index (χ4n) is 1.35. The minimum Gasteiger partial charge on any atom is -0.508 e. The Morgan fingerprint density at radius 3 is 2.67 bits per heavy atom. The summed E-state index contributed by atoms with van der Waals surface area (Å²) in [5, 5.41) is 18.2. The van der Waals surface area contributed by atoms with Crippen molar-refractivity contribution in [1.82, 2.24) is 0 Å². The van der Waals surface area contributed by atoms with E-state index in [0.717, 1.165) is 0 Å². The summed E-state index contributed by atoms with van der Waals surface area (Å²) in [5.41, 5.74) is 0.468. The van der Waals surface area contributed by atoms with Gasteiger partial charge in [-0.25, -0.2) is 4.79 Å². The zero-order chi connectivity index (χ0) is 10.8. The number of aromatic carboxylic acids is 1. The monoisotopic (exact) mass is 204 g/mol. The van der Waals surface area contributed by atoms with Crippen molar-refractivity contribution in [3.63, 3.8) is 0 Å². The number of benzene rings is 1. The molecule has 0 aliphatic heterocycles. The van der Waals surface area contributed by atoms with Gasteiger partial charge in [0, 0.05) is 5.56 Å². The maximum absolute atomic E-state index is 10.9. The van der Waals surface area contributed by atoms with Gasteiger partial charge < -0.3 is 14.6 Å². The summed E-state index contributed by atoms with van der Waals surface area (Å²) in [6.07, 6.45) is 1.45. The molecule has 2 rings (SSSR count). The van der Waals surface area contributed by atoms with Crippen molar-refractivity contribution in [3.8, 4) is 17.1 Å². The smallest absolute Gasteiger partial charge is 0.336 e. The quantitative estimate of drug-likeness (QED) is 0.787. The molecule has 0 saturated heterocycles. The third-order valence-electron chi connectivity index (χ3n) is 2.02. The third kappa shape index (κ3) is 1.69. The van der Waals surface area contributed by atoms with E-state index >= 15 is 0 Å². The molecule has 0 fully saturated rings. The molecule has 76 valence electrons. The number of rotatable bonds is 2. The Morgan fingerprint density at radius 1 is 1.27 bits per heavy atom. The van der Waals surface area contributed by atoms with Crippen molar-refractivity contribution in [1.29, 1.82) is 0 Å². The lowest BCUT2D eigenvalue weighted by Gasteiger charge is -2.03. The molecule has 0 saturated carbocycles. The van der Waals surface area contributed by atoms with Gasteiger partial charge in [-0.05, 0) is 30.3 Å². The molecule has 2 N–H and O–H groups in total. The predicted octanol–water partition coefficient (Wildman–Crippen LogP) is 2.35. The number of furan rings is 1. The summed E-state index contributed by atoms with van der Waals surface area (Å²) < 4.78 is 5.09. The first kappa shape index (κ1) is 9.33. The van der Waals surface area contributed by atoms with E-state index in [0.29, 0.717) is 11.3 Å². The molecule has 2 aromatic rings. The van der Waals surface area contributed by atoms with Crippen LogP contribution in [0.25, 0.3) is 11.3 Å². The SMILES string of the molecule is O=C(O)c1ccc(O)cc1-c1ccco1. The fraction of sp³-hybridized carbons (Fsp3) is 0. The lowest BCUT2D eigenvalue weighted by molar-refractivity contribution is 0.0697. The number of hydrogen-bond donors (Lipinski definition) is 2. The lowest BCUT2D eigenvalue weighted by atomic mass is 10.1.